The molecule has 0 aromatic carbocycles. The molecule has 6 nitrogen and oxygen atoms in total. The highest BCUT2D eigenvalue weighted by Gasteiger charge is 2.56. The van der Waals surface area contributed by atoms with E-state index in [2.05, 4.69) is 83.1 Å². The molecular formula is C58H114O6. The van der Waals surface area contributed by atoms with Crippen LogP contribution in [-0.4, -0.2) is 57.0 Å². The minimum Gasteiger partial charge on any atom is -0.456 e. The van der Waals surface area contributed by atoms with Gasteiger partial charge in [-0.2, -0.15) is 0 Å². The standard InChI is InChI=1S/C58H114O6/c1-54(2,3)41-33-25-17-13-21-29-37-45-60-50-51-49-52(61-46-38-30-22-14-18-26-34-42-55(4,5)6)58(53(59)64-51,62-47-39-31-23-15-19-27-35-43-56(7,8)9)63-48-40-32-24-16-20-28-36-44-57(10,11)12/h51-52H,13-50H2,1-12H3. The van der Waals surface area contributed by atoms with Gasteiger partial charge in [0.15, 0.2) is 0 Å². The summed E-state index contributed by atoms with van der Waals surface area (Å²) >= 11 is 0. The maximum Gasteiger partial charge on any atom is 0.370 e. The fourth-order valence-corrected chi connectivity index (χ4v) is 8.99. The van der Waals surface area contributed by atoms with Crippen LogP contribution in [0.3, 0.4) is 0 Å². The van der Waals surface area contributed by atoms with E-state index in [9.17, 15) is 4.79 Å². The second-order valence-electron chi connectivity index (χ2n) is 25.2. The highest BCUT2D eigenvalue weighted by molar-refractivity contribution is 5.80. The summed E-state index contributed by atoms with van der Waals surface area (Å²) in [6.45, 7) is 30.7. The number of unbranched alkanes of at least 4 members (excludes halogenated alkanes) is 24. The molecule has 382 valence electrons. The Kier molecular flexibility index (Phi) is 33.9. The van der Waals surface area contributed by atoms with Crippen LogP contribution in [0.5, 0.6) is 0 Å². The van der Waals surface area contributed by atoms with Gasteiger partial charge in [-0.25, -0.2) is 4.79 Å². The Balaban J connectivity index is 2.82. The van der Waals surface area contributed by atoms with Gasteiger partial charge in [-0.05, 0) is 73.0 Å². The Morgan fingerprint density at radius 3 is 1.02 bits per heavy atom. The predicted molar refractivity (Wildman–Crippen MR) is 275 cm³/mol. The van der Waals surface area contributed by atoms with Crippen molar-refractivity contribution in [3.05, 3.63) is 0 Å². The molecule has 2 atom stereocenters. The molecule has 0 saturated carbocycles. The Hall–Kier alpha value is -0.690. The van der Waals surface area contributed by atoms with Gasteiger partial charge >= 0.3 is 5.97 Å². The molecule has 2 unspecified atom stereocenters. The summed E-state index contributed by atoms with van der Waals surface area (Å²) in [5, 5.41) is 0. The van der Waals surface area contributed by atoms with Crippen LogP contribution >= 0.6 is 0 Å². The first-order chi connectivity index (χ1) is 30.2. The molecule has 0 N–H and O–H groups in total. The first-order valence-electron chi connectivity index (χ1n) is 27.9. The van der Waals surface area contributed by atoms with E-state index < -0.39 is 17.9 Å². The largest absolute Gasteiger partial charge is 0.456 e. The first-order valence-corrected chi connectivity index (χ1v) is 27.9. The van der Waals surface area contributed by atoms with Crippen LogP contribution in [-0.2, 0) is 28.5 Å². The molecular weight excluding hydrogens is 793 g/mol. The normalized spacial score (nSPS) is 17.3. The first kappa shape index (κ1) is 61.3. The molecule has 0 aromatic heterocycles. The molecule has 0 radical (unpaired) electrons. The van der Waals surface area contributed by atoms with Crippen molar-refractivity contribution in [2.75, 3.05) is 33.0 Å². The molecule has 0 aromatic rings. The van der Waals surface area contributed by atoms with Crippen molar-refractivity contribution in [2.45, 2.75) is 313 Å². The lowest BCUT2D eigenvalue weighted by Crippen LogP contribution is -2.61. The zero-order valence-corrected chi connectivity index (χ0v) is 45.5. The highest BCUT2D eigenvalue weighted by Crippen LogP contribution is 2.34. The zero-order valence-electron chi connectivity index (χ0n) is 45.5. The molecule has 1 rings (SSSR count). The third-order valence-electron chi connectivity index (χ3n) is 13.1. The molecule has 1 heterocycles. The molecule has 1 fully saturated rings. The van der Waals surface area contributed by atoms with E-state index in [1.165, 1.54) is 161 Å². The summed E-state index contributed by atoms with van der Waals surface area (Å²) in [6.07, 6.45) is 39.0. The minimum atomic E-state index is -1.52. The monoisotopic (exact) mass is 907 g/mol. The second kappa shape index (κ2) is 35.4. The lowest BCUT2D eigenvalue weighted by atomic mass is 9.89. The number of carbonyl (C=O) groups is 1. The second-order valence-corrected chi connectivity index (χ2v) is 25.2. The number of rotatable bonds is 41. The summed E-state index contributed by atoms with van der Waals surface area (Å²) in [7, 11) is 0. The number of carbonyl (C=O) groups excluding carboxylic acids is 1. The summed E-state index contributed by atoms with van der Waals surface area (Å²) in [6, 6.07) is 0. The van der Waals surface area contributed by atoms with E-state index >= 15 is 0 Å². The van der Waals surface area contributed by atoms with E-state index in [4.69, 9.17) is 23.7 Å². The van der Waals surface area contributed by atoms with Gasteiger partial charge in [-0.3, -0.25) is 0 Å². The van der Waals surface area contributed by atoms with Crippen molar-refractivity contribution >= 4 is 5.97 Å². The fourth-order valence-electron chi connectivity index (χ4n) is 8.99. The minimum absolute atomic E-state index is 0.356. The molecule has 6 heteroatoms. The van der Waals surface area contributed by atoms with E-state index in [-0.39, 0.29) is 6.10 Å². The molecule has 0 aliphatic carbocycles. The van der Waals surface area contributed by atoms with Crippen LogP contribution in [0.1, 0.15) is 295 Å². The SMILES string of the molecule is CC(C)(C)CCCCCCCCCOCC1CC(OCCCCCCCCCC(C)(C)C)C(OCCCCCCCCCC(C)(C)C)(OCCCCCCCCCC(C)(C)C)C(=O)O1. The molecule has 0 spiro atoms. The highest BCUT2D eigenvalue weighted by atomic mass is 16.8. The molecule has 1 aliphatic rings. The summed E-state index contributed by atoms with van der Waals surface area (Å²) in [5.41, 5.74) is 1.72. The summed E-state index contributed by atoms with van der Waals surface area (Å²) in [4.78, 5) is 14.3. The third kappa shape index (κ3) is 36.4. The van der Waals surface area contributed by atoms with E-state index in [0.717, 1.165) is 44.9 Å². The average molecular weight is 908 g/mol. The molecule has 64 heavy (non-hydrogen) atoms. The molecule has 0 bridgehead atoms. The van der Waals surface area contributed by atoms with Gasteiger partial charge in [-0.15, -0.1) is 0 Å². The Labute approximate surface area is 400 Å². The quantitative estimate of drug-likeness (QED) is 0.0346. The van der Waals surface area contributed by atoms with Gasteiger partial charge in [0, 0.05) is 19.6 Å². The van der Waals surface area contributed by atoms with Crippen LogP contribution in [0.4, 0.5) is 0 Å². The van der Waals surface area contributed by atoms with Crippen molar-refractivity contribution in [2.24, 2.45) is 21.7 Å². The summed E-state index contributed by atoms with van der Waals surface area (Å²) < 4.78 is 32.3. The maximum absolute atomic E-state index is 14.3. The number of esters is 1. The van der Waals surface area contributed by atoms with Crippen molar-refractivity contribution in [1.29, 1.82) is 0 Å². The number of cyclic esters (lactones) is 1. The van der Waals surface area contributed by atoms with E-state index in [0.29, 0.717) is 61.1 Å². The Morgan fingerprint density at radius 2 is 0.688 bits per heavy atom. The Morgan fingerprint density at radius 1 is 0.406 bits per heavy atom. The van der Waals surface area contributed by atoms with Gasteiger partial charge in [0.1, 0.15) is 12.2 Å². The number of hydrogen-bond acceptors (Lipinski definition) is 6. The smallest absolute Gasteiger partial charge is 0.370 e. The van der Waals surface area contributed by atoms with Gasteiger partial charge in [-0.1, -0.05) is 237 Å². The van der Waals surface area contributed by atoms with Crippen LogP contribution in [0.2, 0.25) is 0 Å². The van der Waals surface area contributed by atoms with Gasteiger partial charge in [0.05, 0.1) is 19.8 Å². The van der Waals surface area contributed by atoms with Gasteiger partial charge < -0.3 is 23.7 Å². The zero-order chi connectivity index (χ0) is 47.6. The van der Waals surface area contributed by atoms with E-state index in [1.807, 2.05) is 0 Å². The third-order valence-corrected chi connectivity index (χ3v) is 13.1. The predicted octanol–water partition coefficient (Wildman–Crippen LogP) is 18.1. The molecule has 1 saturated heterocycles. The van der Waals surface area contributed by atoms with Crippen LogP contribution < -0.4 is 0 Å². The number of ether oxygens (including phenoxy) is 5. The van der Waals surface area contributed by atoms with Crippen LogP contribution in [0, 0.1) is 21.7 Å². The van der Waals surface area contributed by atoms with Gasteiger partial charge in [0.2, 0.25) is 0 Å². The van der Waals surface area contributed by atoms with Crippen molar-refractivity contribution < 1.29 is 28.5 Å². The summed E-state index contributed by atoms with van der Waals surface area (Å²) in [5.74, 6) is -1.94. The lowest BCUT2D eigenvalue weighted by Gasteiger charge is -2.43. The molecule has 0 amide bonds. The van der Waals surface area contributed by atoms with E-state index in [1.54, 1.807) is 0 Å². The van der Waals surface area contributed by atoms with Crippen molar-refractivity contribution in [1.82, 2.24) is 0 Å². The topological polar surface area (TPSA) is 63.2 Å². The van der Waals surface area contributed by atoms with Crippen LogP contribution in [0.15, 0.2) is 0 Å². The lowest BCUT2D eigenvalue weighted by molar-refractivity contribution is -0.311. The van der Waals surface area contributed by atoms with Crippen LogP contribution in [0.25, 0.3) is 0 Å². The molecule has 1 aliphatic heterocycles. The van der Waals surface area contributed by atoms with Crippen molar-refractivity contribution in [3.63, 3.8) is 0 Å². The maximum atomic E-state index is 14.3. The van der Waals surface area contributed by atoms with Crippen molar-refractivity contribution in [3.8, 4) is 0 Å². The van der Waals surface area contributed by atoms with Gasteiger partial charge in [0.25, 0.3) is 5.79 Å². The Bertz CT molecular complexity index is 1040. The number of hydrogen-bond donors (Lipinski definition) is 0. The average Bonchev–Trinajstić information content (AvgIpc) is 3.18. The fraction of sp³-hybridized carbons (Fsp3) is 0.983.